The highest BCUT2D eigenvalue weighted by molar-refractivity contribution is 7.98. The maximum absolute atomic E-state index is 12.6. The topological polar surface area (TPSA) is 92.6 Å². The van der Waals surface area contributed by atoms with Crippen LogP contribution in [-0.2, 0) is 4.79 Å². The third kappa shape index (κ3) is 4.85. The van der Waals surface area contributed by atoms with Crippen molar-refractivity contribution in [2.24, 2.45) is 0 Å². The molecule has 27 heavy (non-hydrogen) atoms. The van der Waals surface area contributed by atoms with Crippen molar-refractivity contribution in [3.8, 4) is 0 Å². The first kappa shape index (κ1) is 20.4. The van der Waals surface area contributed by atoms with Crippen LogP contribution in [0, 0.1) is 24.0 Å². The van der Waals surface area contributed by atoms with Gasteiger partial charge in [-0.25, -0.2) is 0 Å². The number of rotatable bonds is 6. The van der Waals surface area contributed by atoms with E-state index in [1.807, 2.05) is 32.0 Å². The Morgan fingerprint density at radius 2 is 1.81 bits per heavy atom. The number of nitrogens with zero attached hydrogens (tertiary/aromatic N) is 2. The van der Waals surface area contributed by atoms with E-state index in [2.05, 4.69) is 5.32 Å². The number of hydrogen-bond donors (Lipinski definition) is 1. The molecule has 0 unspecified atom stereocenters. The molecule has 2 aromatic rings. The molecule has 142 valence electrons. The van der Waals surface area contributed by atoms with Crippen molar-refractivity contribution < 1.29 is 14.5 Å². The van der Waals surface area contributed by atoms with E-state index >= 15 is 0 Å². The lowest BCUT2D eigenvalue weighted by Gasteiger charge is -2.18. The number of benzene rings is 2. The van der Waals surface area contributed by atoms with Gasteiger partial charge in [0.2, 0.25) is 5.91 Å². The lowest BCUT2D eigenvalue weighted by atomic mass is 10.1. The minimum Gasteiger partial charge on any atom is -0.332 e. The molecule has 0 aromatic heterocycles. The van der Waals surface area contributed by atoms with Crippen LogP contribution in [0.1, 0.15) is 21.5 Å². The number of carbonyl (C=O) groups excluding carboxylic acids is 2. The molecule has 0 aliphatic rings. The summed E-state index contributed by atoms with van der Waals surface area (Å²) < 4.78 is 0. The summed E-state index contributed by atoms with van der Waals surface area (Å²) in [6.07, 6.45) is 1.73. The second kappa shape index (κ2) is 8.68. The smallest absolute Gasteiger partial charge is 0.283 e. The second-order valence-corrected chi connectivity index (χ2v) is 6.97. The van der Waals surface area contributed by atoms with Crippen molar-refractivity contribution >= 4 is 35.0 Å². The molecule has 1 N–H and O–H groups in total. The van der Waals surface area contributed by atoms with Gasteiger partial charge in [0.05, 0.1) is 16.4 Å². The van der Waals surface area contributed by atoms with Crippen LogP contribution in [0.2, 0.25) is 0 Å². The molecular weight excluding hydrogens is 366 g/mol. The monoisotopic (exact) mass is 387 g/mol. The van der Waals surface area contributed by atoms with Crippen molar-refractivity contribution in [1.29, 1.82) is 0 Å². The molecule has 0 bridgehead atoms. The summed E-state index contributed by atoms with van der Waals surface area (Å²) in [6, 6.07) is 10.0. The molecule has 0 saturated heterocycles. The fourth-order valence-electron chi connectivity index (χ4n) is 2.66. The Kier molecular flexibility index (Phi) is 6.57. The fourth-order valence-corrected chi connectivity index (χ4v) is 3.21. The van der Waals surface area contributed by atoms with Gasteiger partial charge < -0.3 is 10.2 Å². The van der Waals surface area contributed by atoms with E-state index in [0.717, 1.165) is 16.8 Å². The number of para-hydroxylation sites is 1. The molecule has 0 saturated carbocycles. The Balaban J connectivity index is 2.12. The van der Waals surface area contributed by atoms with E-state index in [9.17, 15) is 19.7 Å². The van der Waals surface area contributed by atoms with Gasteiger partial charge >= 0.3 is 0 Å². The standard InChI is InChI=1S/C19H21N3O4S/c1-12-6-5-7-13(2)18(12)20-17(23)11-21(3)19(24)14-8-9-16(27-4)15(10-14)22(25)26/h5-10H,11H2,1-4H3,(H,20,23). The molecular formula is C19H21N3O4S. The van der Waals surface area contributed by atoms with Crippen LogP contribution < -0.4 is 5.32 Å². The van der Waals surface area contributed by atoms with Crippen molar-refractivity contribution in [3.05, 3.63) is 63.2 Å². The number of carbonyl (C=O) groups is 2. The van der Waals surface area contributed by atoms with Gasteiger partial charge in [-0.3, -0.25) is 19.7 Å². The predicted molar refractivity (Wildman–Crippen MR) is 106 cm³/mol. The molecule has 7 nitrogen and oxygen atoms in total. The second-order valence-electron chi connectivity index (χ2n) is 6.12. The molecule has 0 radical (unpaired) electrons. The first-order valence-electron chi connectivity index (χ1n) is 8.18. The average Bonchev–Trinajstić information content (AvgIpc) is 2.63. The van der Waals surface area contributed by atoms with E-state index in [-0.39, 0.29) is 23.7 Å². The van der Waals surface area contributed by atoms with Gasteiger partial charge in [-0.2, -0.15) is 0 Å². The first-order chi connectivity index (χ1) is 12.7. The van der Waals surface area contributed by atoms with Gasteiger partial charge in [-0.15, -0.1) is 11.8 Å². The minimum atomic E-state index is -0.518. The van der Waals surface area contributed by atoms with Gasteiger partial charge in [0, 0.05) is 24.4 Å². The largest absolute Gasteiger partial charge is 0.332 e. The van der Waals surface area contributed by atoms with Gasteiger partial charge in [0.1, 0.15) is 0 Å². The van der Waals surface area contributed by atoms with Gasteiger partial charge in [0.25, 0.3) is 11.6 Å². The maximum atomic E-state index is 12.6. The normalized spacial score (nSPS) is 10.4. The zero-order valence-electron chi connectivity index (χ0n) is 15.6. The zero-order chi connectivity index (χ0) is 20.1. The number of hydrogen-bond acceptors (Lipinski definition) is 5. The van der Waals surface area contributed by atoms with Crippen molar-refractivity contribution in [3.63, 3.8) is 0 Å². The maximum Gasteiger partial charge on any atom is 0.283 e. The highest BCUT2D eigenvalue weighted by Gasteiger charge is 2.20. The van der Waals surface area contributed by atoms with Crippen molar-refractivity contribution in [2.75, 3.05) is 25.2 Å². The number of nitro benzene ring substituents is 1. The highest BCUT2D eigenvalue weighted by atomic mass is 32.2. The first-order valence-corrected chi connectivity index (χ1v) is 9.41. The average molecular weight is 387 g/mol. The number of aryl methyl sites for hydroxylation is 2. The van der Waals surface area contributed by atoms with Crippen LogP contribution in [0.25, 0.3) is 0 Å². The van der Waals surface area contributed by atoms with Gasteiger partial charge in [-0.1, -0.05) is 18.2 Å². The van der Waals surface area contributed by atoms with E-state index in [4.69, 9.17) is 0 Å². The third-order valence-electron chi connectivity index (χ3n) is 4.10. The molecule has 0 atom stereocenters. The number of thioether (sulfide) groups is 1. The molecule has 8 heteroatoms. The summed E-state index contributed by atoms with van der Waals surface area (Å²) in [7, 11) is 1.49. The van der Waals surface area contributed by atoms with Gasteiger partial charge in [-0.05, 0) is 43.4 Å². The zero-order valence-corrected chi connectivity index (χ0v) is 16.4. The summed E-state index contributed by atoms with van der Waals surface area (Å²) in [5.74, 6) is -0.791. The number of nitrogens with one attached hydrogen (secondary N) is 1. The fraction of sp³-hybridized carbons (Fsp3) is 0.263. The molecule has 2 rings (SSSR count). The van der Waals surface area contributed by atoms with Crippen LogP contribution in [0.5, 0.6) is 0 Å². The highest BCUT2D eigenvalue weighted by Crippen LogP contribution is 2.28. The molecule has 0 aliphatic carbocycles. The summed E-state index contributed by atoms with van der Waals surface area (Å²) in [5.41, 5.74) is 2.63. The summed E-state index contributed by atoms with van der Waals surface area (Å²) >= 11 is 1.24. The third-order valence-corrected chi connectivity index (χ3v) is 4.88. The SMILES string of the molecule is CSc1ccc(C(=O)N(C)CC(=O)Nc2c(C)cccc2C)cc1[N+](=O)[O-]. The number of likely N-dealkylation sites (N-methyl/N-ethyl adjacent to an activating group) is 1. The van der Waals surface area contributed by atoms with E-state index in [0.29, 0.717) is 4.90 Å². The van der Waals surface area contributed by atoms with Crippen molar-refractivity contribution in [1.82, 2.24) is 4.90 Å². The van der Waals surface area contributed by atoms with Crippen LogP contribution in [0.4, 0.5) is 11.4 Å². The molecule has 0 aliphatic heterocycles. The number of amides is 2. The summed E-state index contributed by atoms with van der Waals surface area (Å²) in [5, 5.41) is 14.0. The number of anilines is 1. The molecule has 0 heterocycles. The lowest BCUT2D eigenvalue weighted by molar-refractivity contribution is -0.387. The molecule has 0 spiro atoms. The van der Waals surface area contributed by atoms with E-state index < -0.39 is 10.8 Å². The lowest BCUT2D eigenvalue weighted by Crippen LogP contribution is -2.35. The molecule has 0 fully saturated rings. The minimum absolute atomic E-state index is 0.123. The van der Waals surface area contributed by atoms with Gasteiger partial charge in [0.15, 0.2) is 0 Å². The van der Waals surface area contributed by atoms with Crippen LogP contribution in [0.3, 0.4) is 0 Å². The van der Waals surface area contributed by atoms with Crippen LogP contribution in [0.15, 0.2) is 41.3 Å². The Bertz CT molecular complexity index is 878. The van der Waals surface area contributed by atoms with Crippen molar-refractivity contribution in [2.45, 2.75) is 18.7 Å². The Morgan fingerprint density at radius 3 is 2.37 bits per heavy atom. The molecule has 2 aromatic carbocycles. The van der Waals surface area contributed by atoms with E-state index in [1.165, 1.54) is 35.8 Å². The Hall–Kier alpha value is -2.87. The van der Waals surface area contributed by atoms with E-state index in [1.54, 1.807) is 12.3 Å². The molecule has 2 amide bonds. The number of nitro groups is 1. The summed E-state index contributed by atoms with van der Waals surface area (Å²) in [6.45, 7) is 3.62. The summed E-state index contributed by atoms with van der Waals surface area (Å²) in [4.78, 5) is 37.3. The van der Waals surface area contributed by atoms with Crippen LogP contribution >= 0.6 is 11.8 Å². The van der Waals surface area contributed by atoms with Crippen LogP contribution in [-0.4, -0.2) is 41.5 Å². The predicted octanol–water partition coefficient (Wildman–Crippen LogP) is 3.64. The Morgan fingerprint density at radius 1 is 1.19 bits per heavy atom. The quantitative estimate of drug-likeness (QED) is 0.464. The Labute approximate surface area is 161 Å².